The van der Waals surface area contributed by atoms with E-state index in [-0.39, 0.29) is 11.9 Å². The molecule has 1 atom stereocenters. The Balaban J connectivity index is 1.89. The summed E-state index contributed by atoms with van der Waals surface area (Å²) in [5.41, 5.74) is 2.56. The molecule has 2 aromatic rings. The summed E-state index contributed by atoms with van der Waals surface area (Å²) < 4.78 is 14.6. The number of anilines is 2. The average Bonchev–Trinajstić information content (AvgIpc) is 2.39. The highest BCUT2D eigenvalue weighted by Gasteiger charge is 2.20. The van der Waals surface area contributed by atoms with Crippen molar-refractivity contribution < 1.29 is 4.39 Å². The van der Waals surface area contributed by atoms with Crippen molar-refractivity contribution in [2.75, 3.05) is 17.2 Å². The van der Waals surface area contributed by atoms with E-state index in [1.807, 2.05) is 18.2 Å². The van der Waals surface area contributed by atoms with Crippen LogP contribution in [0.3, 0.4) is 0 Å². The van der Waals surface area contributed by atoms with Gasteiger partial charge < -0.3 is 10.6 Å². The number of halogens is 2. The van der Waals surface area contributed by atoms with Gasteiger partial charge in [-0.05, 0) is 29.8 Å². The van der Waals surface area contributed by atoms with Crippen LogP contribution in [-0.4, -0.2) is 6.54 Å². The third kappa shape index (κ3) is 2.08. The van der Waals surface area contributed by atoms with Gasteiger partial charge in [0.25, 0.3) is 0 Å². The minimum Gasteiger partial charge on any atom is -0.379 e. The van der Waals surface area contributed by atoms with Crippen molar-refractivity contribution in [3.05, 3.63) is 58.3 Å². The maximum Gasteiger partial charge on any atom is 0.148 e. The lowest BCUT2D eigenvalue weighted by Gasteiger charge is -2.29. The summed E-state index contributed by atoms with van der Waals surface area (Å²) in [6, 6.07) is 13.4. The summed E-state index contributed by atoms with van der Waals surface area (Å²) in [7, 11) is 0. The zero-order chi connectivity index (χ0) is 12.5. The molecule has 2 nitrogen and oxygen atoms in total. The second kappa shape index (κ2) is 4.61. The summed E-state index contributed by atoms with van der Waals surface area (Å²) in [6.45, 7) is 0.676. The predicted octanol–water partition coefficient (Wildman–Crippen LogP) is 4.17. The Labute approximate surface area is 113 Å². The lowest BCUT2D eigenvalue weighted by Crippen LogP contribution is -2.26. The van der Waals surface area contributed by atoms with Gasteiger partial charge in [-0.2, -0.15) is 0 Å². The van der Waals surface area contributed by atoms with Crippen molar-refractivity contribution in [2.24, 2.45) is 0 Å². The van der Waals surface area contributed by atoms with E-state index in [1.165, 1.54) is 11.6 Å². The molecule has 0 aliphatic carbocycles. The fourth-order valence-electron chi connectivity index (χ4n) is 2.16. The number of nitrogens with one attached hydrogen (secondary N) is 2. The molecule has 2 aromatic carbocycles. The first-order valence-corrected chi connectivity index (χ1v) is 6.58. The summed E-state index contributed by atoms with van der Waals surface area (Å²) >= 11 is 3.42. The molecule has 18 heavy (non-hydrogen) atoms. The zero-order valence-corrected chi connectivity index (χ0v) is 11.2. The molecular weight excluding hydrogens is 295 g/mol. The number of hydrogen-bond acceptors (Lipinski definition) is 2. The monoisotopic (exact) mass is 306 g/mol. The van der Waals surface area contributed by atoms with E-state index < -0.39 is 0 Å². The van der Waals surface area contributed by atoms with Crippen LogP contribution in [0.1, 0.15) is 11.6 Å². The van der Waals surface area contributed by atoms with Crippen molar-refractivity contribution in [2.45, 2.75) is 6.04 Å². The number of hydrogen-bond donors (Lipinski definition) is 2. The summed E-state index contributed by atoms with van der Waals surface area (Å²) in [6.07, 6.45) is 0. The Hall–Kier alpha value is -1.55. The summed E-state index contributed by atoms with van der Waals surface area (Å²) in [5, 5.41) is 6.50. The second-order valence-corrected chi connectivity index (χ2v) is 5.21. The molecule has 3 rings (SSSR count). The molecule has 92 valence electrons. The fraction of sp³-hybridized carbons (Fsp3) is 0.143. The minimum absolute atomic E-state index is 0.160. The molecule has 2 N–H and O–H groups in total. The van der Waals surface area contributed by atoms with Crippen molar-refractivity contribution in [3.8, 4) is 0 Å². The smallest absolute Gasteiger partial charge is 0.148 e. The normalized spacial score (nSPS) is 17.6. The van der Waals surface area contributed by atoms with Gasteiger partial charge >= 0.3 is 0 Å². The Bertz CT molecular complexity index is 569. The quantitative estimate of drug-likeness (QED) is 0.826. The lowest BCUT2D eigenvalue weighted by molar-refractivity contribution is 0.626. The Morgan fingerprint density at radius 2 is 1.89 bits per heavy atom. The van der Waals surface area contributed by atoms with Gasteiger partial charge in [-0.15, -0.1) is 0 Å². The van der Waals surface area contributed by atoms with E-state index in [9.17, 15) is 4.39 Å². The van der Waals surface area contributed by atoms with Crippen molar-refractivity contribution in [3.63, 3.8) is 0 Å². The molecule has 0 spiro atoms. The molecule has 0 amide bonds. The highest BCUT2D eigenvalue weighted by atomic mass is 79.9. The van der Waals surface area contributed by atoms with Crippen LogP contribution in [0, 0.1) is 5.82 Å². The first-order valence-electron chi connectivity index (χ1n) is 5.78. The van der Waals surface area contributed by atoms with Crippen LogP contribution < -0.4 is 10.6 Å². The number of benzene rings is 2. The Kier molecular flexibility index (Phi) is 2.96. The highest BCUT2D eigenvalue weighted by molar-refractivity contribution is 9.10. The first kappa shape index (κ1) is 11.5. The second-order valence-electron chi connectivity index (χ2n) is 4.29. The standard InChI is InChI=1S/C14H12BrFN2/c15-10-6-4-9(5-7-10)13-8-17-14-11(16)2-1-3-12(14)18-13/h1-7,13,17-18H,8H2. The van der Waals surface area contributed by atoms with Crippen LogP contribution in [0.4, 0.5) is 15.8 Å². The van der Waals surface area contributed by atoms with Gasteiger partial charge in [0.15, 0.2) is 0 Å². The predicted molar refractivity (Wildman–Crippen MR) is 75.4 cm³/mol. The molecule has 1 heterocycles. The van der Waals surface area contributed by atoms with Crippen LogP contribution >= 0.6 is 15.9 Å². The molecule has 1 aliphatic rings. The average molecular weight is 307 g/mol. The van der Waals surface area contributed by atoms with Gasteiger partial charge in [0.1, 0.15) is 5.82 Å². The molecule has 1 aliphatic heterocycles. The zero-order valence-electron chi connectivity index (χ0n) is 9.58. The van der Waals surface area contributed by atoms with E-state index in [1.54, 1.807) is 6.07 Å². The van der Waals surface area contributed by atoms with Crippen LogP contribution in [0.15, 0.2) is 46.9 Å². The summed E-state index contributed by atoms with van der Waals surface area (Å²) in [4.78, 5) is 0. The lowest BCUT2D eigenvalue weighted by atomic mass is 10.0. The number of para-hydroxylation sites is 1. The van der Waals surface area contributed by atoms with Crippen LogP contribution in [0.2, 0.25) is 0 Å². The largest absolute Gasteiger partial charge is 0.379 e. The van der Waals surface area contributed by atoms with Gasteiger partial charge in [0, 0.05) is 11.0 Å². The molecule has 1 unspecified atom stereocenters. The number of rotatable bonds is 1. The topological polar surface area (TPSA) is 24.1 Å². The van der Waals surface area contributed by atoms with Gasteiger partial charge in [0.05, 0.1) is 17.4 Å². The molecule has 0 saturated heterocycles. The van der Waals surface area contributed by atoms with Crippen LogP contribution in [0.25, 0.3) is 0 Å². The van der Waals surface area contributed by atoms with E-state index >= 15 is 0 Å². The Morgan fingerprint density at radius 1 is 1.11 bits per heavy atom. The van der Waals surface area contributed by atoms with Gasteiger partial charge in [-0.25, -0.2) is 4.39 Å². The van der Waals surface area contributed by atoms with Crippen LogP contribution in [0.5, 0.6) is 0 Å². The highest BCUT2D eigenvalue weighted by Crippen LogP contribution is 2.33. The molecule has 4 heteroatoms. The van der Waals surface area contributed by atoms with E-state index in [0.717, 1.165) is 10.2 Å². The van der Waals surface area contributed by atoms with Crippen molar-refractivity contribution in [1.82, 2.24) is 0 Å². The van der Waals surface area contributed by atoms with Gasteiger partial charge in [0.2, 0.25) is 0 Å². The minimum atomic E-state index is -0.214. The summed E-state index contributed by atoms with van der Waals surface area (Å²) in [5.74, 6) is -0.214. The molecule has 0 fully saturated rings. The molecule has 0 bridgehead atoms. The Morgan fingerprint density at radius 3 is 2.67 bits per heavy atom. The van der Waals surface area contributed by atoms with E-state index in [2.05, 4.69) is 38.7 Å². The maximum atomic E-state index is 13.5. The SMILES string of the molecule is Fc1cccc2c1NCC(c1ccc(Br)cc1)N2. The van der Waals surface area contributed by atoms with Crippen molar-refractivity contribution >= 4 is 27.3 Å². The molecule has 0 saturated carbocycles. The third-order valence-electron chi connectivity index (χ3n) is 3.10. The molecule has 0 aromatic heterocycles. The van der Waals surface area contributed by atoms with E-state index in [0.29, 0.717) is 12.2 Å². The number of fused-ring (bicyclic) bond motifs is 1. The van der Waals surface area contributed by atoms with Gasteiger partial charge in [-0.3, -0.25) is 0 Å². The fourth-order valence-corrected chi connectivity index (χ4v) is 2.43. The van der Waals surface area contributed by atoms with Crippen LogP contribution in [-0.2, 0) is 0 Å². The molecule has 0 radical (unpaired) electrons. The van der Waals surface area contributed by atoms with E-state index in [4.69, 9.17) is 0 Å². The van der Waals surface area contributed by atoms with Gasteiger partial charge in [-0.1, -0.05) is 34.1 Å². The maximum absolute atomic E-state index is 13.5. The third-order valence-corrected chi connectivity index (χ3v) is 3.63. The van der Waals surface area contributed by atoms with Crippen molar-refractivity contribution in [1.29, 1.82) is 0 Å². The molecular formula is C14H12BrFN2. The first-order chi connectivity index (χ1) is 8.74.